The van der Waals surface area contributed by atoms with Gasteiger partial charge < -0.3 is 10.1 Å². The van der Waals surface area contributed by atoms with E-state index in [9.17, 15) is 0 Å². The molecule has 0 aliphatic heterocycles. The highest BCUT2D eigenvalue weighted by Gasteiger charge is 2.01. The van der Waals surface area contributed by atoms with Gasteiger partial charge in [-0.2, -0.15) is 0 Å². The van der Waals surface area contributed by atoms with E-state index in [1.807, 2.05) is 6.07 Å². The second kappa shape index (κ2) is 7.84. The molecule has 0 aromatic heterocycles. The van der Waals surface area contributed by atoms with Crippen molar-refractivity contribution in [2.24, 2.45) is 0 Å². The summed E-state index contributed by atoms with van der Waals surface area (Å²) in [5, 5.41) is 3.50. The topological polar surface area (TPSA) is 21.3 Å². The van der Waals surface area contributed by atoms with E-state index in [1.165, 1.54) is 16.7 Å². The zero-order valence-corrected chi connectivity index (χ0v) is 13.2. The number of hydrogen-bond donors (Lipinski definition) is 1. The molecule has 2 aromatic rings. The van der Waals surface area contributed by atoms with Crippen molar-refractivity contribution in [2.75, 3.05) is 0 Å². The first-order valence-electron chi connectivity index (χ1n) is 7.68. The molecule has 0 saturated heterocycles. The predicted octanol–water partition coefficient (Wildman–Crippen LogP) is 4.46. The summed E-state index contributed by atoms with van der Waals surface area (Å²) in [6.45, 7) is 8.00. The van der Waals surface area contributed by atoms with Crippen LogP contribution in [0.3, 0.4) is 0 Å². The maximum absolute atomic E-state index is 5.89. The van der Waals surface area contributed by atoms with Crippen LogP contribution in [0, 0.1) is 6.92 Å². The van der Waals surface area contributed by atoms with E-state index in [1.54, 1.807) is 0 Å². The molecule has 1 unspecified atom stereocenters. The molecule has 112 valence electrons. The van der Waals surface area contributed by atoms with Crippen molar-refractivity contribution >= 4 is 0 Å². The Balaban J connectivity index is 1.91. The normalized spacial score (nSPS) is 12.1. The van der Waals surface area contributed by atoms with Crippen LogP contribution in [0.4, 0.5) is 0 Å². The smallest absolute Gasteiger partial charge is 0.120 e. The quantitative estimate of drug-likeness (QED) is 0.810. The Kier molecular flexibility index (Phi) is 5.82. The molecule has 1 N–H and O–H groups in total. The van der Waals surface area contributed by atoms with E-state index >= 15 is 0 Å². The molecular weight excluding hydrogens is 258 g/mol. The first-order chi connectivity index (χ1) is 10.2. The van der Waals surface area contributed by atoms with Crippen LogP contribution in [-0.4, -0.2) is 6.04 Å². The molecule has 2 heteroatoms. The largest absolute Gasteiger partial charge is 0.489 e. The fraction of sp³-hybridized carbons (Fsp3) is 0.368. The van der Waals surface area contributed by atoms with E-state index < -0.39 is 0 Å². The van der Waals surface area contributed by atoms with Gasteiger partial charge in [0.05, 0.1) is 0 Å². The second-order valence-electron chi connectivity index (χ2n) is 5.62. The van der Waals surface area contributed by atoms with Gasteiger partial charge in [-0.25, -0.2) is 0 Å². The maximum atomic E-state index is 5.89. The minimum Gasteiger partial charge on any atom is -0.489 e. The van der Waals surface area contributed by atoms with Crippen molar-refractivity contribution in [3.8, 4) is 5.75 Å². The minimum absolute atomic E-state index is 0.543. The zero-order valence-electron chi connectivity index (χ0n) is 13.2. The molecule has 2 nitrogen and oxygen atoms in total. The Morgan fingerprint density at radius 1 is 1.05 bits per heavy atom. The Morgan fingerprint density at radius 2 is 1.81 bits per heavy atom. The molecular formula is C19H25NO. The molecule has 0 saturated carbocycles. The van der Waals surface area contributed by atoms with E-state index in [4.69, 9.17) is 4.74 Å². The van der Waals surface area contributed by atoms with Gasteiger partial charge in [0.1, 0.15) is 12.4 Å². The molecule has 0 aliphatic rings. The number of hydrogen-bond acceptors (Lipinski definition) is 2. The Hall–Kier alpha value is -1.80. The summed E-state index contributed by atoms with van der Waals surface area (Å²) in [6.07, 6.45) is 1.14. The molecule has 0 bridgehead atoms. The maximum Gasteiger partial charge on any atom is 0.120 e. The molecule has 0 fully saturated rings. The summed E-state index contributed by atoms with van der Waals surface area (Å²) in [5.74, 6) is 0.931. The van der Waals surface area contributed by atoms with E-state index in [0.29, 0.717) is 12.6 Å². The Morgan fingerprint density at radius 3 is 2.57 bits per heavy atom. The van der Waals surface area contributed by atoms with Crippen LogP contribution in [0.15, 0.2) is 48.5 Å². The fourth-order valence-corrected chi connectivity index (χ4v) is 2.15. The van der Waals surface area contributed by atoms with E-state index in [2.05, 4.69) is 68.6 Å². The van der Waals surface area contributed by atoms with Crippen LogP contribution >= 0.6 is 0 Å². The van der Waals surface area contributed by atoms with Crippen molar-refractivity contribution in [3.63, 3.8) is 0 Å². The number of ether oxygens (including phenoxy) is 1. The second-order valence-corrected chi connectivity index (χ2v) is 5.62. The van der Waals surface area contributed by atoms with Crippen LogP contribution in [-0.2, 0) is 13.2 Å². The lowest BCUT2D eigenvalue weighted by atomic mass is 10.1. The summed E-state index contributed by atoms with van der Waals surface area (Å²) in [4.78, 5) is 0. The third-order valence-electron chi connectivity index (χ3n) is 3.65. The van der Waals surface area contributed by atoms with Crippen molar-refractivity contribution in [1.29, 1.82) is 0 Å². The average Bonchev–Trinajstić information content (AvgIpc) is 2.51. The molecule has 2 aromatic carbocycles. The number of benzene rings is 2. The van der Waals surface area contributed by atoms with Crippen LogP contribution < -0.4 is 10.1 Å². The lowest BCUT2D eigenvalue weighted by Gasteiger charge is -2.12. The molecule has 21 heavy (non-hydrogen) atoms. The van der Waals surface area contributed by atoms with Gasteiger partial charge in [0.25, 0.3) is 0 Å². The van der Waals surface area contributed by atoms with Crippen LogP contribution in [0.5, 0.6) is 5.75 Å². The van der Waals surface area contributed by atoms with E-state index in [0.717, 1.165) is 18.7 Å². The molecule has 0 spiro atoms. The van der Waals surface area contributed by atoms with Crippen LogP contribution in [0.25, 0.3) is 0 Å². The van der Waals surface area contributed by atoms with Crippen molar-refractivity contribution in [3.05, 3.63) is 65.2 Å². The molecule has 0 amide bonds. The van der Waals surface area contributed by atoms with E-state index in [-0.39, 0.29) is 0 Å². The lowest BCUT2D eigenvalue weighted by molar-refractivity contribution is 0.305. The third kappa shape index (κ3) is 5.24. The first-order valence-corrected chi connectivity index (χ1v) is 7.68. The summed E-state index contributed by atoms with van der Waals surface area (Å²) in [5.41, 5.74) is 3.73. The summed E-state index contributed by atoms with van der Waals surface area (Å²) in [7, 11) is 0. The minimum atomic E-state index is 0.543. The van der Waals surface area contributed by atoms with Crippen LogP contribution in [0.2, 0.25) is 0 Å². The van der Waals surface area contributed by atoms with Gasteiger partial charge in [-0.05, 0) is 43.5 Å². The number of nitrogens with one attached hydrogen (secondary N) is 1. The van der Waals surface area contributed by atoms with Gasteiger partial charge in [0.2, 0.25) is 0 Å². The molecule has 1 atom stereocenters. The van der Waals surface area contributed by atoms with Gasteiger partial charge in [0.15, 0.2) is 0 Å². The Labute approximate surface area is 128 Å². The fourth-order valence-electron chi connectivity index (χ4n) is 2.15. The van der Waals surface area contributed by atoms with Gasteiger partial charge in [0, 0.05) is 12.6 Å². The molecule has 0 heterocycles. The van der Waals surface area contributed by atoms with Gasteiger partial charge >= 0.3 is 0 Å². The van der Waals surface area contributed by atoms with Crippen molar-refractivity contribution in [1.82, 2.24) is 5.32 Å². The molecule has 2 rings (SSSR count). The first kappa shape index (κ1) is 15.6. The molecule has 0 radical (unpaired) electrons. The average molecular weight is 283 g/mol. The highest BCUT2D eigenvalue weighted by molar-refractivity contribution is 5.29. The highest BCUT2D eigenvalue weighted by atomic mass is 16.5. The van der Waals surface area contributed by atoms with Crippen molar-refractivity contribution in [2.45, 2.75) is 46.4 Å². The molecule has 0 aliphatic carbocycles. The standard InChI is InChI=1S/C19H25NO/c1-4-16(3)20-13-17-8-6-10-19(12-17)21-14-18-9-5-7-15(2)11-18/h5-12,16,20H,4,13-14H2,1-3H3. The highest BCUT2D eigenvalue weighted by Crippen LogP contribution is 2.16. The van der Waals surface area contributed by atoms with Gasteiger partial charge in [-0.1, -0.05) is 48.9 Å². The van der Waals surface area contributed by atoms with Crippen LogP contribution in [0.1, 0.15) is 37.0 Å². The van der Waals surface area contributed by atoms with Gasteiger partial charge in [-0.15, -0.1) is 0 Å². The summed E-state index contributed by atoms with van der Waals surface area (Å²) < 4.78 is 5.89. The van der Waals surface area contributed by atoms with Gasteiger partial charge in [-0.3, -0.25) is 0 Å². The number of aryl methyl sites for hydroxylation is 1. The lowest BCUT2D eigenvalue weighted by Crippen LogP contribution is -2.24. The van der Waals surface area contributed by atoms with Crippen molar-refractivity contribution < 1.29 is 4.74 Å². The zero-order chi connectivity index (χ0) is 15.1. The third-order valence-corrected chi connectivity index (χ3v) is 3.65. The SMILES string of the molecule is CCC(C)NCc1cccc(OCc2cccc(C)c2)c1. The number of rotatable bonds is 7. The summed E-state index contributed by atoms with van der Waals surface area (Å²) in [6, 6.07) is 17.3. The Bertz CT molecular complexity index is 565. The monoisotopic (exact) mass is 283 g/mol. The summed E-state index contributed by atoms with van der Waals surface area (Å²) >= 11 is 0. The predicted molar refractivity (Wildman–Crippen MR) is 88.5 cm³/mol.